The van der Waals surface area contributed by atoms with Gasteiger partial charge in [-0.15, -0.1) is 0 Å². The van der Waals surface area contributed by atoms with E-state index in [9.17, 15) is 19.0 Å². The van der Waals surface area contributed by atoms with Crippen molar-refractivity contribution in [2.24, 2.45) is 0 Å². The highest BCUT2D eigenvalue weighted by Crippen LogP contribution is 2.43. The molecule has 0 aromatic rings. The van der Waals surface area contributed by atoms with Gasteiger partial charge in [-0.1, -0.05) is 125 Å². The average molecular weight is 737 g/mol. The van der Waals surface area contributed by atoms with Crippen LogP contribution in [0.5, 0.6) is 0 Å². The molecule has 0 rings (SSSR count). The van der Waals surface area contributed by atoms with E-state index in [0.717, 1.165) is 70.6 Å². The summed E-state index contributed by atoms with van der Waals surface area (Å²) in [6.45, 7) is 4.08. The van der Waals surface area contributed by atoms with Gasteiger partial charge in [-0.2, -0.15) is 0 Å². The fourth-order valence-electron chi connectivity index (χ4n) is 4.59. The molecule has 2 atom stereocenters. The second-order valence-electron chi connectivity index (χ2n) is 13.6. The Hall–Kier alpha value is -2.55. The first kappa shape index (κ1) is 48.5. The molecule has 0 saturated carbocycles. The van der Waals surface area contributed by atoms with Crippen LogP contribution in [0, 0.1) is 0 Å². The predicted octanol–water partition coefficient (Wildman–Crippen LogP) is 10.3. The van der Waals surface area contributed by atoms with Crippen molar-refractivity contribution in [1.29, 1.82) is 0 Å². The van der Waals surface area contributed by atoms with Gasteiger partial charge in [0.1, 0.15) is 19.8 Å². The van der Waals surface area contributed by atoms with E-state index in [4.69, 9.17) is 18.5 Å². The fourth-order valence-corrected chi connectivity index (χ4v) is 5.33. The van der Waals surface area contributed by atoms with Crippen molar-refractivity contribution in [3.63, 3.8) is 0 Å². The molecule has 0 heterocycles. The van der Waals surface area contributed by atoms with Crippen molar-refractivity contribution in [3.05, 3.63) is 72.9 Å². The molecule has 51 heavy (non-hydrogen) atoms. The number of hydrogen-bond acceptors (Lipinski definition) is 7. The van der Waals surface area contributed by atoms with Gasteiger partial charge in [-0.25, -0.2) is 4.57 Å². The van der Waals surface area contributed by atoms with Gasteiger partial charge in [0.15, 0.2) is 6.10 Å². The number of unbranched alkanes of at least 4 members (excludes halogenated alkanes) is 10. The number of nitrogens with zero attached hydrogens (tertiary/aromatic N) is 1. The van der Waals surface area contributed by atoms with Gasteiger partial charge < -0.3 is 18.9 Å². The van der Waals surface area contributed by atoms with Gasteiger partial charge >= 0.3 is 19.8 Å². The summed E-state index contributed by atoms with van der Waals surface area (Å²) in [6.07, 6.45) is 39.6. The van der Waals surface area contributed by atoms with Gasteiger partial charge in [0, 0.05) is 12.8 Å². The number of esters is 2. The van der Waals surface area contributed by atoms with Crippen molar-refractivity contribution in [2.75, 3.05) is 47.5 Å². The average Bonchev–Trinajstić information content (AvgIpc) is 3.07. The number of likely N-dealkylation sites (N-methyl/N-ethyl adjacent to an activating group) is 1. The summed E-state index contributed by atoms with van der Waals surface area (Å²) >= 11 is 0. The van der Waals surface area contributed by atoms with Crippen LogP contribution in [0.4, 0.5) is 0 Å². The summed E-state index contributed by atoms with van der Waals surface area (Å²) in [5, 5.41) is 0. The Bertz CT molecular complexity index is 1100. The number of rotatable bonds is 33. The second-order valence-corrected chi connectivity index (χ2v) is 15.1. The Labute approximate surface area is 310 Å². The number of carbonyl (C=O) groups excluding carboxylic acids is 2. The lowest BCUT2D eigenvalue weighted by Crippen LogP contribution is -2.37. The first-order chi connectivity index (χ1) is 24.5. The van der Waals surface area contributed by atoms with Gasteiger partial charge in [0.05, 0.1) is 27.7 Å². The van der Waals surface area contributed by atoms with Gasteiger partial charge in [0.25, 0.3) is 0 Å². The van der Waals surface area contributed by atoms with Crippen LogP contribution in [0.15, 0.2) is 72.9 Å². The third kappa shape index (κ3) is 37.0. The van der Waals surface area contributed by atoms with Crippen molar-refractivity contribution >= 4 is 19.8 Å². The molecule has 0 aliphatic rings. The molecule has 9 nitrogen and oxygen atoms in total. The lowest BCUT2D eigenvalue weighted by Gasteiger charge is -2.24. The van der Waals surface area contributed by atoms with Crippen LogP contribution in [0.2, 0.25) is 0 Å². The SMILES string of the molecule is CC/C=C/C=C/C=C/C=C/CCCCCC(=O)OC(COC(=O)CCCCCCCCC/C=C/C/C=C/CC)COP(=O)(O)OCC[N+](C)(C)C. The van der Waals surface area contributed by atoms with Gasteiger partial charge in [-0.3, -0.25) is 18.6 Å². The largest absolute Gasteiger partial charge is 0.472 e. The number of quaternary nitrogens is 1. The molecule has 0 radical (unpaired) electrons. The number of carbonyl (C=O) groups is 2. The molecule has 10 heteroatoms. The lowest BCUT2D eigenvalue weighted by atomic mass is 10.1. The molecular formula is C41H71NO8P+. The summed E-state index contributed by atoms with van der Waals surface area (Å²) in [7, 11) is 1.43. The first-order valence-electron chi connectivity index (χ1n) is 19.2. The minimum absolute atomic E-state index is 0.0183. The van der Waals surface area contributed by atoms with E-state index in [2.05, 4.69) is 50.3 Å². The maximum atomic E-state index is 12.6. The molecule has 0 bridgehead atoms. The maximum Gasteiger partial charge on any atom is 0.472 e. The molecule has 0 fully saturated rings. The lowest BCUT2D eigenvalue weighted by molar-refractivity contribution is -0.870. The third-order valence-corrected chi connectivity index (χ3v) is 8.56. The van der Waals surface area contributed by atoms with Crippen LogP contribution in [-0.4, -0.2) is 74.9 Å². The number of allylic oxidation sites excluding steroid dienone is 12. The maximum absolute atomic E-state index is 12.6. The smallest absolute Gasteiger partial charge is 0.462 e. The molecule has 0 amide bonds. The van der Waals surface area contributed by atoms with Gasteiger partial charge in [-0.05, 0) is 57.8 Å². The van der Waals surface area contributed by atoms with Crippen molar-refractivity contribution < 1.29 is 42.1 Å². The summed E-state index contributed by atoms with van der Waals surface area (Å²) in [5.41, 5.74) is 0. The zero-order valence-electron chi connectivity index (χ0n) is 32.6. The molecule has 2 unspecified atom stereocenters. The molecule has 0 aromatic carbocycles. The highest BCUT2D eigenvalue weighted by molar-refractivity contribution is 7.47. The van der Waals surface area contributed by atoms with E-state index < -0.39 is 32.5 Å². The van der Waals surface area contributed by atoms with Crippen LogP contribution in [0.1, 0.15) is 123 Å². The van der Waals surface area contributed by atoms with E-state index >= 15 is 0 Å². The molecule has 0 aliphatic carbocycles. The minimum atomic E-state index is -4.38. The minimum Gasteiger partial charge on any atom is -0.462 e. The molecular weight excluding hydrogens is 665 g/mol. The molecule has 1 N–H and O–H groups in total. The van der Waals surface area contributed by atoms with E-state index in [-0.39, 0.29) is 26.1 Å². The summed E-state index contributed by atoms with van der Waals surface area (Å²) in [5.74, 6) is -0.865. The summed E-state index contributed by atoms with van der Waals surface area (Å²) in [4.78, 5) is 35.2. The predicted molar refractivity (Wildman–Crippen MR) is 210 cm³/mol. The fraction of sp³-hybridized carbons (Fsp3) is 0.659. The van der Waals surface area contributed by atoms with Crippen LogP contribution < -0.4 is 0 Å². The van der Waals surface area contributed by atoms with E-state index in [1.165, 1.54) is 19.3 Å². The quantitative estimate of drug-likeness (QED) is 0.0177. The number of phosphoric ester groups is 1. The Morgan fingerprint density at radius 2 is 1.16 bits per heavy atom. The number of phosphoric acid groups is 1. The van der Waals surface area contributed by atoms with Crippen LogP contribution >= 0.6 is 7.82 Å². The topological polar surface area (TPSA) is 108 Å². The second kappa shape index (κ2) is 33.3. The van der Waals surface area contributed by atoms with Crippen molar-refractivity contribution in [2.45, 2.75) is 129 Å². The number of ether oxygens (including phenoxy) is 2. The number of hydrogen-bond donors (Lipinski definition) is 1. The Kier molecular flexibility index (Phi) is 31.6. The molecule has 0 aromatic heterocycles. The highest BCUT2D eigenvalue weighted by Gasteiger charge is 2.27. The Balaban J connectivity index is 4.53. The Morgan fingerprint density at radius 1 is 0.627 bits per heavy atom. The van der Waals surface area contributed by atoms with E-state index in [1.54, 1.807) is 0 Å². The van der Waals surface area contributed by atoms with Crippen molar-refractivity contribution in [3.8, 4) is 0 Å². The monoisotopic (exact) mass is 736 g/mol. The van der Waals surface area contributed by atoms with E-state index in [0.29, 0.717) is 17.4 Å². The van der Waals surface area contributed by atoms with Crippen LogP contribution in [0.3, 0.4) is 0 Å². The van der Waals surface area contributed by atoms with Crippen LogP contribution in [-0.2, 0) is 32.7 Å². The highest BCUT2D eigenvalue weighted by atomic mass is 31.2. The van der Waals surface area contributed by atoms with Crippen molar-refractivity contribution in [1.82, 2.24) is 0 Å². The molecule has 292 valence electrons. The third-order valence-electron chi connectivity index (χ3n) is 7.58. The Morgan fingerprint density at radius 3 is 1.80 bits per heavy atom. The van der Waals surface area contributed by atoms with Crippen LogP contribution in [0.25, 0.3) is 0 Å². The summed E-state index contributed by atoms with van der Waals surface area (Å²) < 4.78 is 34.1. The van der Waals surface area contributed by atoms with Gasteiger partial charge in [0.2, 0.25) is 0 Å². The molecule has 0 saturated heterocycles. The zero-order valence-corrected chi connectivity index (χ0v) is 33.4. The molecule has 0 spiro atoms. The molecule has 0 aliphatic heterocycles. The first-order valence-corrected chi connectivity index (χ1v) is 20.7. The summed E-state index contributed by atoms with van der Waals surface area (Å²) in [6, 6.07) is 0. The van der Waals surface area contributed by atoms with E-state index in [1.807, 2.05) is 57.6 Å². The normalized spacial score (nSPS) is 14.5. The zero-order chi connectivity index (χ0) is 37.9. The standard InChI is InChI=1S/C41H70NO8P/c1-6-8-10-12-14-16-18-20-22-23-25-27-29-31-33-40(43)47-37-39(38-49-51(45,46)48-36-35-42(3,4)5)50-41(44)34-32-30-28-26-24-21-19-17-15-13-11-9-7-2/h8-11,13-17,19,21,24,39H,6-7,12,18,20,22-23,25-38H2,1-5H3/p+1/b10-8+,11-9+,15-13+,16-14+,19-17+,24-21+.